The fraction of sp³-hybridized carbons (Fsp3) is 0.235. The number of carboxylic acid groups (broad SMARTS) is 1. The average Bonchev–Trinajstić information content (AvgIpc) is 2.50. The van der Waals surface area contributed by atoms with Crippen molar-refractivity contribution in [3.63, 3.8) is 0 Å². The van der Waals surface area contributed by atoms with Crippen LogP contribution in [0.2, 0.25) is 0 Å². The van der Waals surface area contributed by atoms with E-state index in [2.05, 4.69) is 6.58 Å². The fourth-order valence-corrected chi connectivity index (χ4v) is 1.98. The summed E-state index contributed by atoms with van der Waals surface area (Å²) < 4.78 is 5.54. The van der Waals surface area contributed by atoms with Crippen molar-refractivity contribution in [1.82, 2.24) is 0 Å². The lowest BCUT2D eigenvalue weighted by Crippen LogP contribution is -2.18. The molecule has 2 N–H and O–H groups in total. The Labute approximate surface area is 123 Å². The molecule has 0 saturated carbocycles. The molecule has 110 valence electrons. The van der Waals surface area contributed by atoms with Gasteiger partial charge in [0.15, 0.2) is 0 Å². The molecule has 4 nitrogen and oxygen atoms in total. The molecule has 0 radical (unpaired) electrons. The van der Waals surface area contributed by atoms with E-state index in [1.165, 1.54) is 0 Å². The molecule has 0 bridgehead atoms. The normalized spacial score (nSPS) is 12.0. The molecule has 2 rings (SSSR count). The Balaban J connectivity index is 1.86. The lowest BCUT2D eigenvalue weighted by Gasteiger charge is -2.12. The maximum atomic E-state index is 10.6. The number of aliphatic carboxylic acids is 1. The first kappa shape index (κ1) is 15.1. The van der Waals surface area contributed by atoms with Crippen molar-refractivity contribution in [2.45, 2.75) is 18.9 Å². The molecule has 2 aromatic rings. The quantitative estimate of drug-likeness (QED) is 0.768. The van der Waals surface area contributed by atoms with Gasteiger partial charge in [0, 0.05) is 5.57 Å². The predicted molar refractivity (Wildman–Crippen MR) is 81.5 cm³/mol. The van der Waals surface area contributed by atoms with Gasteiger partial charge in [-0.3, -0.25) is 0 Å². The number of benzene rings is 2. The van der Waals surface area contributed by atoms with Gasteiger partial charge in [-0.25, -0.2) is 4.79 Å². The largest absolute Gasteiger partial charge is 0.491 e. The zero-order valence-electron chi connectivity index (χ0n) is 11.7. The minimum atomic E-state index is -1.03. The fourth-order valence-electron chi connectivity index (χ4n) is 1.98. The molecule has 0 saturated heterocycles. The van der Waals surface area contributed by atoms with Gasteiger partial charge in [-0.05, 0) is 35.7 Å². The Hall–Kier alpha value is -2.33. The van der Waals surface area contributed by atoms with Crippen LogP contribution in [-0.2, 0) is 4.79 Å². The van der Waals surface area contributed by atoms with Crippen molar-refractivity contribution in [1.29, 1.82) is 0 Å². The molecule has 21 heavy (non-hydrogen) atoms. The average molecular weight is 286 g/mol. The maximum absolute atomic E-state index is 10.6. The standard InChI is InChI=1S/C17H18O4/c1-12(17(19)20)6-8-15(18)11-21-16-9-7-13-4-2-3-5-14(13)10-16/h2-5,7,9-10,15,18H,1,6,8,11H2,(H,19,20). The Morgan fingerprint density at radius 3 is 2.62 bits per heavy atom. The van der Waals surface area contributed by atoms with E-state index in [1.54, 1.807) is 0 Å². The molecule has 0 heterocycles. The monoisotopic (exact) mass is 286 g/mol. The number of ether oxygens (including phenoxy) is 1. The smallest absolute Gasteiger partial charge is 0.330 e. The minimum absolute atomic E-state index is 0.0970. The third kappa shape index (κ3) is 4.33. The van der Waals surface area contributed by atoms with Crippen molar-refractivity contribution in [2.75, 3.05) is 6.61 Å². The third-order valence-corrected chi connectivity index (χ3v) is 3.25. The third-order valence-electron chi connectivity index (χ3n) is 3.25. The first-order valence-corrected chi connectivity index (χ1v) is 6.77. The van der Waals surface area contributed by atoms with Crippen LogP contribution in [0, 0.1) is 0 Å². The molecule has 0 fully saturated rings. The Kier molecular flexibility index (Phi) is 4.95. The van der Waals surface area contributed by atoms with E-state index < -0.39 is 12.1 Å². The van der Waals surface area contributed by atoms with Gasteiger partial charge in [0.1, 0.15) is 12.4 Å². The summed E-state index contributed by atoms with van der Waals surface area (Å²) in [5, 5.41) is 20.7. The summed E-state index contributed by atoms with van der Waals surface area (Å²) in [5.41, 5.74) is 0.0970. The Bertz CT molecular complexity index is 648. The van der Waals surface area contributed by atoms with Gasteiger partial charge in [0.25, 0.3) is 0 Å². The van der Waals surface area contributed by atoms with Crippen LogP contribution in [0.25, 0.3) is 10.8 Å². The van der Waals surface area contributed by atoms with Gasteiger partial charge < -0.3 is 14.9 Å². The van der Waals surface area contributed by atoms with Crippen LogP contribution in [0.3, 0.4) is 0 Å². The number of fused-ring (bicyclic) bond motifs is 1. The SMILES string of the molecule is C=C(CCC(O)COc1ccc2ccccc2c1)C(=O)O. The number of carbonyl (C=O) groups is 1. The second kappa shape index (κ2) is 6.90. The minimum Gasteiger partial charge on any atom is -0.491 e. The Morgan fingerprint density at radius 1 is 1.19 bits per heavy atom. The van der Waals surface area contributed by atoms with Gasteiger partial charge >= 0.3 is 5.97 Å². The molecule has 0 aromatic heterocycles. The van der Waals surface area contributed by atoms with E-state index in [1.807, 2.05) is 42.5 Å². The molecule has 0 aliphatic heterocycles. The molecule has 0 amide bonds. The predicted octanol–water partition coefficient (Wildman–Crippen LogP) is 3.00. The van der Waals surface area contributed by atoms with Gasteiger partial charge in [-0.15, -0.1) is 0 Å². The Morgan fingerprint density at radius 2 is 1.90 bits per heavy atom. The number of hydrogen-bond acceptors (Lipinski definition) is 3. The van der Waals surface area contributed by atoms with Crippen molar-refractivity contribution < 1.29 is 19.7 Å². The summed E-state index contributed by atoms with van der Waals surface area (Å²) in [6, 6.07) is 13.7. The summed E-state index contributed by atoms with van der Waals surface area (Å²) in [4.78, 5) is 10.6. The van der Waals surface area contributed by atoms with E-state index in [0.29, 0.717) is 12.2 Å². The second-order valence-electron chi connectivity index (χ2n) is 4.92. The van der Waals surface area contributed by atoms with Crippen LogP contribution in [0.4, 0.5) is 0 Å². The van der Waals surface area contributed by atoms with Gasteiger partial charge in [-0.1, -0.05) is 36.9 Å². The summed E-state index contributed by atoms with van der Waals surface area (Å²) in [6.45, 7) is 3.56. The van der Waals surface area contributed by atoms with E-state index in [-0.39, 0.29) is 18.6 Å². The lowest BCUT2D eigenvalue weighted by atomic mass is 10.1. The highest BCUT2D eigenvalue weighted by Gasteiger charge is 2.10. The second-order valence-corrected chi connectivity index (χ2v) is 4.92. The van der Waals surface area contributed by atoms with Crippen LogP contribution >= 0.6 is 0 Å². The molecule has 1 unspecified atom stereocenters. The van der Waals surface area contributed by atoms with Crippen molar-refractivity contribution in [3.8, 4) is 5.75 Å². The van der Waals surface area contributed by atoms with E-state index in [9.17, 15) is 9.90 Å². The highest BCUT2D eigenvalue weighted by molar-refractivity contribution is 5.85. The number of aliphatic hydroxyl groups is 1. The van der Waals surface area contributed by atoms with Crippen LogP contribution in [0.1, 0.15) is 12.8 Å². The van der Waals surface area contributed by atoms with E-state index >= 15 is 0 Å². The molecule has 0 aliphatic rings. The van der Waals surface area contributed by atoms with Crippen molar-refractivity contribution in [2.24, 2.45) is 0 Å². The van der Waals surface area contributed by atoms with Crippen LogP contribution in [-0.4, -0.2) is 28.9 Å². The van der Waals surface area contributed by atoms with Gasteiger partial charge in [-0.2, -0.15) is 0 Å². The van der Waals surface area contributed by atoms with Crippen molar-refractivity contribution >= 4 is 16.7 Å². The maximum Gasteiger partial charge on any atom is 0.330 e. The first-order valence-electron chi connectivity index (χ1n) is 6.77. The van der Waals surface area contributed by atoms with E-state index in [4.69, 9.17) is 9.84 Å². The number of rotatable bonds is 7. The number of hydrogen-bond donors (Lipinski definition) is 2. The summed E-state index contributed by atoms with van der Waals surface area (Å²) in [5.74, 6) is -0.345. The van der Waals surface area contributed by atoms with Gasteiger partial charge in [0.2, 0.25) is 0 Å². The highest BCUT2D eigenvalue weighted by Crippen LogP contribution is 2.20. The lowest BCUT2D eigenvalue weighted by molar-refractivity contribution is -0.132. The summed E-state index contributed by atoms with van der Waals surface area (Å²) in [7, 11) is 0. The number of carboxylic acids is 1. The number of aliphatic hydroxyl groups excluding tert-OH is 1. The molecular formula is C17H18O4. The molecule has 0 aliphatic carbocycles. The van der Waals surface area contributed by atoms with Crippen LogP contribution < -0.4 is 4.74 Å². The van der Waals surface area contributed by atoms with Crippen LogP contribution in [0.15, 0.2) is 54.6 Å². The summed E-state index contributed by atoms with van der Waals surface area (Å²) >= 11 is 0. The molecule has 1 atom stereocenters. The van der Waals surface area contributed by atoms with E-state index in [0.717, 1.165) is 10.8 Å². The van der Waals surface area contributed by atoms with Crippen LogP contribution in [0.5, 0.6) is 5.75 Å². The molecule has 4 heteroatoms. The molecular weight excluding hydrogens is 268 g/mol. The summed E-state index contributed by atoms with van der Waals surface area (Å²) in [6.07, 6.45) is -0.149. The first-order chi connectivity index (χ1) is 10.1. The molecule has 2 aromatic carbocycles. The van der Waals surface area contributed by atoms with Gasteiger partial charge in [0.05, 0.1) is 6.10 Å². The van der Waals surface area contributed by atoms with Crippen molar-refractivity contribution in [3.05, 3.63) is 54.6 Å². The topological polar surface area (TPSA) is 66.8 Å². The zero-order chi connectivity index (χ0) is 15.2. The highest BCUT2D eigenvalue weighted by atomic mass is 16.5. The zero-order valence-corrected chi connectivity index (χ0v) is 11.7. The molecule has 0 spiro atoms.